The van der Waals surface area contributed by atoms with Crippen molar-refractivity contribution in [1.29, 1.82) is 0 Å². The molecule has 1 amide bonds. The first kappa shape index (κ1) is 16.2. The molecule has 0 atom stereocenters. The summed E-state index contributed by atoms with van der Waals surface area (Å²) < 4.78 is 0. The monoisotopic (exact) mass is 314 g/mol. The van der Waals surface area contributed by atoms with Crippen LogP contribution in [0.4, 0.5) is 0 Å². The minimum atomic E-state index is -0.257. The molecule has 2 aromatic rings. The second-order valence-corrected chi connectivity index (χ2v) is 5.42. The predicted molar refractivity (Wildman–Crippen MR) is 91.4 cm³/mol. The van der Waals surface area contributed by atoms with Crippen LogP contribution in [0.25, 0.3) is 0 Å². The molecule has 0 fully saturated rings. The number of benzene rings is 2. The van der Waals surface area contributed by atoms with Crippen LogP contribution in [0, 0.1) is 0 Å². The van der Waals surface area contributed by atoms with Gasteiger partial charge in [-0.25, -0.2) is 5.43 Å². The summed E-state index contributed by atoms with van der Waals surface area (Å²) in [4.78, 5) is 12.1. The lowest BCUT2D eigenvalue weighted by Crippen LogP contribution is -2.20. The van der Waals surface area contributed by atoms with E-state index in [1.165, 1.54) is 0 Å². The van der Waals surface area contributed by atoms with Crippen molar-refractivity contribution in [2.24, 2.45) is 5.10 Å². The maximum atomic E-state index is 12.1. The summed E-state index contributed by atoms with van der Waals surface area (Å²) in [6, 6.07) is 16.7. The normalized spacial score (nSPS) is 11.3. The standard InChI is InChI=1S/C18H19ClN2O/c1-2-3-12-17(14-8-5-4-6-9-14)20-21-18(22)15-10-7-11-16(19)13-15/h4-11,13H,2-3,12H2,1H3,(H,21,22)/b20-17+. The highest BCUT2D eigenvalue weighted by atomic mass is 35.5. The summed E-state index contributed by atoms with van der Waals surface area (Å²) in [5.41, 5.74) is 5.04. The van der Waals surface area contributed by atoms with Crippen molar-refractivity contribution in [3.05, 3.63) is 70.7 Å². The number of hydrogen-bond acceptors (Lipinski definition) is 2. The minimum Gasteiger partial charge on any atom is -0.267 e. The van der Waals surface area contributed by atoms with E-state index >= 15 is 0 Å². The molecule has 0 aliphatic heterocycles. The summed E-state index contributed by atoms with van der Waals surface area (Å²) in [5, 5.41) is 4.84. The average molecular weight is 315 g/mol. The molecular formula is C18H19ClN2O. The zero-order valence-corrected chi connectivity index (χ0v) is 13.3. The van der Waals surface area contributed by atoms with E-state index < -0.39 is 0 Å². The smallest absolute Gasteiger partial charge is 0.267 e. The van der Waals surface area contributed by atoms with Crippen LogP contribution in [0.1, 0.15) is 42.1 Å². The second-order valence-electron chi connectivity index (χ2n) is 4.98. The predicted octanol–water partition coefficient (Wildman–Crippen LogP) is 4.66. The molecule has 114 valence electrons. The van der Waals surface area contributed by atoms with E-state index in [2.05, 4.69) is 17.5 Å². The van der Waals surface area contributed by atoms with Gasteiger partial charge >= 0.3 is 0 Å². The highest BCUT2D eigenvalue weighted by molar-refractivity contribution is 6.30. The highest BCUT2D eigenvalue weighted by Crippen LogP contribution is 2.11. The van der Waals surface area contributed by atoms with Gasteiger partial charge in [0.25, 0.3) is 5.91 Å². The van der Waals surface area contributed by atoms with E-state index in [-0.39, 0.29) is 5.91 Å². The van der Waals surface area contributed by atoms with E-state index in [0.29, 0.717) is 10.6 Å². The van der Waals surface area contributed by atoms with Gasteiger partial charge in [0, 0.05) is 10.6 Å². The van der Waals surface area contributed by atoms with Gasteiger partial charge in [-0.15, -0.1) is 0 Å². The number of hydrogen-bond donors (Lipinski definition) is 1. The van der Waals surface area contributed by atoms with E-state index in [0.717, 1.165) is 30.5 Å². The third kappa shape index (κ3) is 4.71. The number of halogens is 1. The lowest BCUT2D eigenvalue weighted by atomic mass is 10.1. The molecule has 0 saturated heterocycles. The molecular weight excluding hydrogens is 296 g/mol. The number of carbonyl (C=O) groups excluding carboxylic acids is 1. The molecule has 0 aromatic heterocycles. The fourth-order valence-corrected chi connectivity index (χ4v) is 2.24. The number of rotatable bonds is 6. The van der Waals surface area contributed by atoms with Gasteiger partial charge in [-0.1, -0.05) is 61.3 Å². The first-order valence-electron chi connectivity index (χ1n) is 7.38. The van der Waals surface area contributed by atoms with Crippen LogP contribution in [0.15, 0.2) is 59.7 Å². The highest BCUT2D eigenvalue weighted by Gasteiger charge is 2.07. The molecule has 0 aliphatic carbocycles. The fourth-order valence-electron chi connectivity index (χ4n) is 2.05. The van der Waals surface area contributed by atoms with Crippen molar-refractivity contribution in [1.82, 2.24) is 5.43 Å². The third-order valence-corrected chi connectivity index (χ3v) is 3.49. The van der Waals surface area contributed by atoms with Crippen LogP contribution in [0.3, 0.4) is 0 Å². The second kappa shape index (κ2) is 8.35. The summed E-state index contributed by atoms with van der Waals surface area (Å²) in [7, 11) is 0. The van der Waals surface area contributed by atoms with Gasteiger partial charge in [0.15, 0.2) is 0 Å². The molecule has 0 heterocycles. The van der Waals surface area contributed by atoms with Crippen molar-refractivity contribution >= 4 is 23.2 Å². The van der Waals surface area contributed by atoms with E-state index in [9.17, 15) is 4.79 Å². The molecule has 0 saturated carbocycles. The Labute approximate surface area is 136 Å². The summed E-state index contributed by atoms with van der Waals surface area (Å²) in [5.74, 6) is -0.257. The molecule has 0 radical (unpaired) electrons. The van der Waals surface area contributed by atoms with Crippen LogP contribution >= 0.6 is 11.6 Å². The molecule has 2 rings (SSSR count). The van der Waals surface area contributed by atoms with Gasteiger partial charge in [0.1, 0.15) is 0 Å². The number of nitrogens with zero attached hydrogens (tertiary/aromatic N) is 1. The number of hydrazone groups is 1. The van der Waals surface area contributed by atoms with Crippen molar-refractivity contribution in [3.8, 4) is 0 Å². The van der Waals surface area contributed by atoms with E-state index in [1.807, 2.05) is 30.3 Å². The van der Waals surface area contributed by atoms with Gasteiger partial charge < -0.3 is 0 Å². The summed E-state index contributed by atoms with van der Waals surface area (Å²) >= 11 is 5.90. The molecule has 0 unspecified atom stereocenters. The van der Waals surface area contributed by atoms with Crippen LogP contribution in [-0.4, -0.2) is 11.6 Å². The number of carbonyl (C=O) groups is 1. The van der Waals surface area contributed by atoms with Crippen molar-refractivity contribution in [3.63, 3.8) is 0 Å². The largest absolute Gasteiger partial charge is 0.271 e. The van der Waals surface area contributed by atoms with Crippen LogP contribution < -0.4 is 5.43 Å². The molecule has 0 aliphatic rings. The lowest BCUT2D eigenvalue weighted by Gasteiger charge is -2.07. The van der Waals surface area contributed by atoms with Gasteiger partial charge in [-0.3, -0.25) is 4.79 Å². The van der Waals surface area contributed by atoms with Crippen LogP contribution in [0.2, 0.25) is 5.02 Å². The Morgan fingerprint density at radius 3 is 2.50 bits per heavy atom. The van der Waals surface area contributed by atoms with Crippen molar-refractivity contribution in [2.75, 3.05) is 0 Å². The van der Waals surface area contributed by atoms with E-state index in [1.54, 1.807) is 24.3 Å². The molecule has 1 N–H and O–H groups in total. The summed E-state index contributed by atoms with van der Waals surface area (Å²) in [6.07, 6.45) is 2.94. The van der Waals surface area contributed by atoms with Crippen molar-refractivity contribution < 1.29 is 4.79 Å². The molecule has 0 bridgehead atoms. The minimum absolute atomic E-state index is 0.257. The summed E-state index contributed by atoms with van der Waals surface area (Å²) in [6.45, 7) is 2.13. The fraction of sp³-hybridized carbons (Fsp3) is 0.222. The van der Waals surface area contributed by atoms with Crippen LogP contribution in [0.5, 0.6) is 0 Å². The topological polar surface area (TPSA) is 41.5 Å². The Balaban J connectivity index is 2.14. The Bertz CT molecular complexity index is 653. The SMILES string of the molecule is CCCC/C(=N\NC(=O)c1cccc(Cl)c1)c1ccccc1. The molecule has 0 spiro atoms. The average Bonchev–Trinajstić information content (AvgIpc) is 2.55. The van der Waals surface area contributed by atoms with Crippen LogP contribution in [-0.2, 0) is 0 Å². The maximum Gasteiger partial charge on any atom is 0.271 e. The first-order chi connectivity index (χ1) is 10.7. The third-order valence-electron chi connectivity index (χ3n) is 3.25. The van der Waals surface area contributed by atoms with Gasteiger partial charge in [0.05, 0.1) is 5.71 Å². The number of amides is 1. The molecule has 3 nitrogen and oxygen atoms in total. The Hall–Kier alpha value is -2.13. The molecule has 22 heavy (non-hydrogen) atoms. The zero-order valence-electron chi connectivity index (χ0n) is 12.6. The lowest BCUT2D eigenvalue weighted by molar-refractivity contribution is 0.0955. The molecule has 4 heteroatoms. The number of unbranched alkanes of at least 4 members (excludes halogenated alkanes) is 1. The first-order valence-corrected chi connectivity index (χ1v) is 7.76. The zero-order chi connectivity index (χ0) is 15.8. The quantitative estimate of drug-likeness (QED) is 0.611. The van der Waals surface area contributed by atoms with Gasteiger partial charge in [-0.2, -0.15) is 5.10 Å². The Morgan fingerprint density at radius 2 is 1.82 bits per heavy atom. The van der Waals surface area contributed by atoms with E-state index in [4.69, 9.17) is 11.6 Å². The van der Waals surface area contributed by atoms with Crippen molar-refractivity contribution in [2.45, 2.75) is 26.2 Å². The molecule has 2 aromatic carbocycles. The number of nitrogens with one attached hydrogen (secondary N) is 1. The maximum absolute atomic E-state index is 12.1. The van der Waals surface area contributed by atoms with Gasteiger partial charge in [0.2, 0.25) is 0 Å². The Morgan fingerprint density at radius 1 is 1.09 bits per heavy atom. The van der Waals surface area contributed by atoms with Gasteiger partial charge in [-0.05, 0) is 36.6 Å². The Kier molecular flexibility index (Phi) is 6.16.